The lowest BCUT2D eigenvalue weighted by molar-refractivity contribution is 0.0948. The Morgan fingerprint density at radius 1 is 1.21 bits per heavy atom. The number of nitrogen functional groups attached to an aromatic ring is 1. The molecule has 1 unspecified atom stereocenters. The maximum atomic E-state index is 13.2. The fourth-order valence-electron chi connectivity index (χ4n) is 3.60. The second-order valence-electron chi connectivity index (χ2n) is 8.14. The number of nitrogens with one attached hydrogen (secondary N) is 1. The molecule has 10 heteroatoms. The summed E-state index contributed by atoms with van der Waals surface area (Å²) >= 11 is 0. The van der Waals surface area contributed by atoms with Crippen LogP contribution in [0.3, 0.4) is 0 Å². The molecule has 0 spiro atoms. The van der Waals surface area contributed by atoms with Crippen LogP contribution in [0, 0.1) is 0 Å². The number of hydrogen-bond acceptors (Lipinski definition) is 8. The molecule has 3 N–H and O–H groups in total. The van der Waals surface area contributed by atoms with Crippen LogP contribution in [0.15, 0.2) is 48.5 Å². The van der Waals surface area contributed by atoms with E-state index in [1.54, 1.807) is 12.1 Å². The Bertz CT molecular complexity index is 1080. The number of halogens is 1. The molecular weight excluding hydrogens is 425 g/mol. The fraction of sp³-hybridized carbons (Fsp3) is 0.348. The highest BCUT2D eigenvalue weighted by Gasteiger charge is 2.21. The van der Waals surface area contributed by atoms with Gasteiger partial charge in [-0.25, -0.2) is 4.39 Å². The van der Waals surface area contributed by atoms with Gasteiger partial charge in [-0.1, -0.05) is 0 Å². The van der Waals surface area contributed by atoms with Gasteiger partial charge in [-0.05, 0) is 55.0 Å². The van der Waals surface area contributed by atoms with Crippen molar-refractivity contribution < 1.29 is 13.9 Å². The molecule has 1 aliphatic heterocycles. The summed E-state index contributed by atoms with van der Waals surface area (Å²) in [6.45, 7) is 2.46. The van der Waals surface area contributed by atoms with Crippen molar-refractivity contribution >= 4 is 29.2 Å². The van der Waals surface area contributed by atoms with Crippen LogP contribution in [-0.4, -0.2) is 72.1 Å². The van der Waals surface area contributed by atoms with E-state index < -0.39 is 6.17 Å². The summed E-state index contributed by atoms with van der Waals surface area (Å²) in [5.41, 5.74) is 8.09. The number of aromatic nitrogens is 3. The standard InChI is InChI=1S/C23H28FN7O2/c1-29(2)19-7-3-16(4-8-19)21(32)31-22(25)27-23(28-31)26-18-5-9-20(10-6-18)33-14-13-30-12-11-17(24)15-30/h3-10,17H,11-15H2,1-2H3,(H3,25,26,27,28). The zero-order valence-corrected chi connectivity index (χ0v) is 18.7. The molecule has 0 amide bonds. The predicted octanol–water partition coefficient (Wildman–Crippen LogP) is 2.78. The van der Waals surface area contributed by atoms with Crippen molar-refractivity contribution in [3.8, 4) is 5.75 Å². The van der Waals surface area contributed by atoms with Gasteiger partial charge in [0.2, 0.25) is 11.9 Å². The molecule has 1 aliphatic rings. The van der Waals surface area contributed by atoms with Gasteiger partial charge in [-0.3, -0.25) is 9.69 Å². The van der Waals surface area contributed by atoms with Crippen molar-refractivity contribution in [2.24, 2.45) is 0 Å². The summed E-state index contributed by atoms with van der Waals surface area (Å²) < 4.78 is 20.0. The van der Waals surface area contributed by atoms with E-state index in [0.29, 0.717) is 37.4 Å². The highest BCUT2D eigenvalue weighted by atomic mass is 19.1. The normalized spacial score (nSPS) is 16.0. The number of rotatable bonds is 8. The van der Waals surface area contributed by atoms with E-state index in [-0.39, 0.29) is 17.8 Å². The second-order valence-corrected chi connectivity index (χ2v) is 8.14. The highest BCUT2D eigenvalue weighted by Crippen LogP contribution is 2.20. The molecule has 0 saturated carbocycles. The minimum absolute atomic E-state index is 0.00318. The molecular formula is C23H28FN7O2. The van der Waals surface area contributed by atoms with Crippen molar-refractivity contribution in [1.29, 1.82) is 0 Å². The molecule has 2 aromatic carbocycles. The Morgan fingerprint density at radius 3 is 2.58 bits per heavy atom. The Kier molecular flexibility index (Phi) is 6.74. The van der Waals surface area contributed by atoms with Crippen LogP contribution in [0.1, 0.15) is 16.8 Å². The molecule has 1 saturated heterocycles. The van der Waals surface area contributed by atoms with Gasteiger partial charge in [-0.15, -0.1) is 5.10 Å². The zero-order valence-electron chi connectivity index (χ0n) is 18.7. The van der Waals surface area contributed by atoms with Crippen LogP contribution in [0.2, 0.25) is 0 Å². The number of carbonyl (C=O) groups excluding carboxylic acids is 1. The second kappa shape index (κ2) is 9.86. The maximum absolute atomic E-state index is 13.2. The van der Waals surface area contributed by atoms with Crippen LogP contribution in [-0.2, 0) is 0 Å². The molecule has 0 radical (unpaired) electrons. The highest BCUT2D eigenvalue weighted by molar-refractivity contribution is 5.97. The summed E-state index contributed by atoms with van der Waals surface area (Å²) in [5, 5.41) is 7.24. The van der Waals surface area contributed by atoms with E-state index in [1.807, 2.05) is 55.4 Å². The lowest BCUT2D eigenvalue weighted by Crippen LogP contribution is -2.26. The van der Waals surface area contributed by atoms with Gasteiger partial charge in [0, 0.05) is 50.7 Å². The number of ether oxygens (including phenoxy) is 1. The molecule has 1 atom stereocenters. The minimum atomic E-state index is -0.722. The van der Waals surface area contributed by atoms with Gasteiger partial charge in [-0.2, -0.15) is 9.67 Å². The molecule has 4 rings (SSSR count). The van der Waals surface area contributed by atoms with Crippen LogP contribution in [0.25, 0.3) is 0 Å². The summed E-state index contributed by atoms with van der Waals surface area (Å²) in [6.07, 6.45) is -0.122. The molecule has 2 heterocycles. The Labute approximate surface area is 192 Å². The van der Waals surface area contributed by atoms with Gasteiger partial charge < -0.3 is 20.7 Å². The molecule has 33 heavy (non-hydrogen) atoms. The number of nitrogens with zero attached hydrogens (tertiary/aromatic N) is 5. The zero-order chi connectivity index (χ0) is 23.4. The fourth-order valence-corrected chi connectivity index (χ4v) is 3.60. The average Bonchev–Trinajstić information content (AvgIpc) is 3.39. The first kappa shape index (κ1) is 22.5. The van der Waals surface area contributed by atoms with Crippen molar-refractivity contribution in [2.75, 3.05) is 56.3 Å². The average molecular weight is 454 g/mol. The number of nitrogens with two attached hydrogens (primary N) is 1. The summed E-state index contributed by atoms with van der Waals surface area (Å²) in [5.74, 6) is 0.566. The van der Waals surface area contributed by atoms with Crippen LogP contribution in [0.5, 0.6) is 5.75 Å². The minimum Gasteiger partial charge on any atom is -0.492 e. The van der Waals surface area contributed by atoms with Crippen molar-refractivity contribution in [3.05, 3.63) is 54.1 Å². The topological polar surface area (TPSA) is 102 Å². The van der Waals surface area contributed by atoms with Crippen molar-refractivity contribution in [3.63, 3.8) is 0 Å². The number of likely N-dealkylation sites (tertiary alicyclic amines) is 1. The Morgan fingerprint density at radius 2 is 1.94 bits per heavy atom. The van der Waals surface area contributed by atoms with Crippen LogP contribution >= 0.6 is 0 Å². The predicted molar refractivity (Wildman–Crippen MR) is 126 cm³/mol. The number of carbonyl (C=O) groups is 1. The summed E-state index contributed by atoms with van der Waals surface area (Å²) in [7, 11) is 3.86. The quantitative estimate of drug-likeness (QED) is 0.537. The van der Waals surface area contributed by atoms with E-state index in [0.717, 1.165) is 22.6 Å². The van der Waals surface area contributed by atoms with E-state index in [1.165, 1.54) is 0 Å². The molecule has 1 aromatic heterocycles. The largest absolute Gasteiger partial charge is 0.492 e. The van der Waals surface area contributed by atoms with Gasteiger partial charge in [0.15, 0.2) is 0 Å². The van der Waals surface area contributed by atoms with Gasteiger partial charge in [0.05, 0.1) is 0 Å². The van der Waals surface area contributed by atoms with Gasteiger partial charge in [0.25, 0.3) is 5.91 Å². The first-order valence-electron chi connectivity index (χ1n) is 10.8. The third-order valence-electron chi connectivity index (χ3n) is 5.46. The summed E-state index contributed by atoms with van der Waals surface area (Å²) in [6, 6.07) is 14.4. The smallest absolute Gasteiger partial charge is 0.281 e. The van der Waals surface area contributed by atoms with Crippen molar-refractivity contribution in [1.82, 2.24) is 19.7 Å². The molecule has 0 aliphatic carbocycles. The lowest BCUT2D eigenvalue weighted by atomic mass is 10.2. The number of alkyl halides is 1. The Balaban J connectivity index is 1.33. The summed E-state index contributed by atoms with van der Waals surface area (Å²) in [4.78, 5) is 20.9. The van der Waals surface area contributed by atoms with Gasteiger partial charge >= 0.3 is 0 Å². The number of anilines is 4. The third-order valence-corrected chi connectivity index (χ3v) is 5.46. The Hall–Kier alpha value is -3.66. The van der Waals surface area contributed by atoms with Crippen molar-refractivity contribution in [2.45, 2.75) is 12.6 Å². The van der Waals surface area contributed by atoms with Crippen LogP contribution in [0.4, 0.5) is 27.7 Å². The molecule has 9 nitrogen and oxygen atoms in total. The van der Waals surface area contributed by atoms with E-state index in [9.17, 15) is 9.18 Å². The first-order chi connectivity index (χ1) is 15.9. The molecule has 174 valence electrons. The molecule has 1 fully saturated rings. The van der Waals surface area contributed by atoms with E-state index in [2.05, 4.69) is 20.3 Å². The third kappa shape index (κ3) is 5.58. The monoisotopic (exact) mass is 453 g/mol. The lowest BCUT2D eigenvalue weighted by Gasteiger charge is -2.15. The molecule has 3 aromatic rings. The first-order valence-corrected chi connectivity index (χ1v) is 10.8. The number of benzene rings is 2. The van der Waals surface area contributed by atoms with Gasteiger partial charge in [0.1, 0.15) is 18.5 Å². The SMILES string of the molecule is CN(C)c1ccc(C(=O)n2nc(Nc3ccc(OCCN4CCC(F)C4)cc3)nc2N)cc1. The maximum Gasteiger partial charge on any atom is 0.281 e. The van der Waals surface area contributed by atoms with E-state index >= 15 is 0 Å². The number of hydrogen-bond donors (Lipinski definition) is 2. The van der Waals surface area contributed by atoms with E-state index in [4.69, 9.17) is 10.5 Å². The van der Waals surface area contributed by atoms with Crippen LogP contribution < -0.4 is 20.7 Å². The molecule has 0 bridgehead atoms.